The predicted molar refractivity (Wildman–Crippen MR) is 73.8 cm³/mol. The van der Waals surface area contributed by atoms with Crippen LogP contribution in [-0.4, -0.2) is 5.11 Å². The topological polar surface area (TPSA) is 20.2 Å². The molecule has 0 radical (unpaired) electrons. The quantitative estimate of drug-likeness (QED) is 0.884. The average Bonchev–Trinajstić information content (AvgIpc) is 2.68. The summed E-state index contributed by atoms with van der Waals surface area (Å²) in [6, 6.07) is 9.66. The van der Waals surface area contributed by atoms with Crippen molar-refractivity contribution in [3.05, 3.63) is 56.7 Å². The van der Waals surface area contributed by atoms with E-state index in [1.165, 1.54) is 0 Å². The van der Waals surface area contributed by atoms with Gasteiger partial charge in [0, 0.05) is 16.3 Å². The van der Waals surface area contributed by atoms with Crippen molar-refractivity contribution in [1.82, 2.24) is 0 Å². The Kier molecular flexibility index (Phi) is 3.57. The van der Waals surface area contributed by atoms with E-state index in [0.717, 1.165) is 21.0 Å². The monoisotopic (exact) mass is 266 g/mol. The number of benzene rings is 1. The summed E-state index contributed by atoms with van der Waals surface area (Å²) < 4.78 is 0. The van der Waals surface area contributed by atoms with E-state index in [1.54, 1.807) is 11.3 Å². The van der Waals surface area contributed by atoms with E-state index in [-0.39, 0.29) is 0 Å². The van der Waals surface area contributed by atoms with Crippen molar-refractivity contribution >= 4 is 22.9 Å². The van der Waals surface area contributed by atoms with E-state index in [4.69, 9.17) is 11.6 Å². The third kappa shape index (κ3) is 2.89. The van der Waals surface area contributed by atoms with Crippen LogP contribution in [0.3, 0.4) is 0 Å². The SMILES string of the molecule is Cc1ccsc1C(C)(O)Cc1ccc(Cl)cc1. The van der Waals surface area contributed by atoms with Crippen LogP contribution in [0.1, 0.15) is 22.9 Å². The maximum absolute atomic E-state index is 10.6. The Morgan fingerprint density at radius 2 is 1.88 bits per heavy atom. The van der Waals surface area contributed by atoms with Crippen LogP contribution in [-0.2, 0) is 12.0 Å². The highest BCUT2D eigenvalue weighted by atomic mass is 35.5. The molecule has 1 unspecified atom stereocenters. The molecule has 0 saturated carbocycles. The number of hydrogen-bond acceptors (Lipinski definition) is 2. The van der Waals surface area contributed by atoms with Gasteiger partial charge in [-0.2, -0.15) is 0 Å². The van der Waals surface area contributed by atoms with Crippen LogP contribution in [0.25, 0.3) is 0 Å². The minimum absolute atomic E-state index is 0.603. The largest absolute Gasteiger partial charge is 0.384 e. The molecule has 2 rings (SSSR count). The minimum Gasteiger partial charge on any atom is -0.384 e. The second-order valence-corrected chi connectivity index (χ2v) is 5.86. The first-order valence-electron chi connectivity index (χ1n) is 5.50. The highest BCUT2D eigenvalue weighted by Gasteiger charge is 2.26. The van der Waals surface area contributed by atoms with Crippen LogP contribution in [0.2, 0.25) is 5.02 Å². The summed E-state index contributed by atoms with van der Waals surface area (Å²) in [7, 11) is 0. The van der Waals surface area contributed by atoms with Crippen LogP contribution in [0, 0.1) is 6.92 Å². The second-order valence-electron chi connectivity index (χ2n) is 4.51. The third-order valence-electron chi connectivity index (χ3n) is 2.81. The van der Waals surface area contributed by atoms with Gasteiger partial charge in [0.25, 0.3) is 0 Å². The van der Waals surface area contributed by atoms with E-state index in [0.29, 0.717) is 6.42 Å². The van der Waals surface area contributed by atoms with Gasteiger partial charge in [-0.15, -0.1) is 11.3 Å². The molecule has 0 aliphatic rings. The molecule has 0 spiro atoms. The van der Waals surface area contributed by atoms with Gasteiger partial charge in [-0.05, 0) is 48.6 Å². The van der Waals surface area contributed by atoms with Gasteiger partial charge in [0.1, 0.15) is 5.60 Å². The van der Waals surface area contributed by atoms with Crippen LogP contribution < -0.4 is 0 Å². The molecule has 1 atom stereocenters. The molecule has 1 N–H and O–H groups in total. The van der Waals surface area contributed by atoms with Gasteiger partial charge in [0.05, 0.1) is 0 Å². The van der Waals surface area contributed by atoms with Crippen LogP contribution in [0.4, 0.5) is 0 Å². The van der Waals surface area contributed by atoms with Crippen LogP contribution in [0.5, 0.6) is 0 Å². The highest BCUT2D eigenvalue weighted by molar-refractivity contribution is 7.10. The van der Waals surface area contributed by atoms with Crippen LogP contribution in [0.15, 0.2) is 35.7 Å². The van der Waals surface area contributed by atoms with Crippen molar-refractivity contribution in [2.75, 3.05) is 0 Å². The van der Waals surface area contributed by atoms with Crippen molar-refractivity contribution in [1.29, 1.82) is 0 Å². The first kappa shape index (κ1) is 12.6. The molecule has 0 aliphatic heterocycles. The summed E-state index contributed by atoms with van der Waals surface area (Å²) in [6.45, 7) is 3.89. The Morgan fingerprint density at radius 3 is 2.41 bits per heavy atom. The number of aliphatic hydroxyl groups is 1. The normalized spacial score (nSPS) is 14.6. The molecule has 1 aromatic heterocycles. The highest BCUT2D eigenvalue weighted by Crippen LogP contribution is 2.32. The fourth-order valence-electron chi connectivity index (χ4n) is 2.00. The molecule has 0 fully saturated rings. The lowest BCUT2D eigenvalue weighted by molar-refractivity contribution is 0.0609. The molecule has 0 aliphatic carbocycles. The van der Waals surface area contributed by atoms with E-state index in [9.17, 15) is 5.11 Å². The molecule has 1 aromatic carbocycles. The summed E-state index contributed by atoms with van der Waals surface area (Å²) in [4.78, 5) is 1.03. The van der Waals surface area contributed by atoms with Crippen molar-refractivity contribution in [3.63, 3.8) is 0 Å². The maximum atomic E-state index is 10.6. The molecule has 3 heteroatoms. The van der Waals surface area contributed by atoms with E-state index in [1.807, 2.05) is 49.6 Å². The molecule has 2 aromatic rings. The van der Waals surface area contributed by atoms with Crippen molar-refractivity contribution in [3.8, 4) is 0 Å². The Labute approximate surface area is 111 Å². The Morgan fingerprint density at radius 1 is 1.24 bits per heavy atom. The first-order valence-corrected chi connectivity index (χ1v) is 6.76. The van der Waals surface area contributed by atoms with Crippen LogP contribution >= 0.6 is 22.9 Å². The molecule has 90 valence electrons. The van der Waals surface area contributed by atoms with Gasteiger partial charge in [0.15, 0.2) is 0 Å². The predicted octanol–water partition coefficient (Wildman–Crippen LogP) is 4.16. The lowest BCUT2D eigenvalue weighted by Gasteiger charge is -2.23. The fraction of sp³-hybridized carbons (Fsp3) is 0.286. The Bertz CT molecular complexity index is 499. The molecule has 0 amide bonds. The molecule has 1 heterocycles. The molecule has 0 saturated heterocycles. The minimum atomic E-state index is -0.813. The zero-order valence-corrected chi connectivity index (χ0v) is 11.5. The van der Waals surface area contributed by atoms with Crippen molar-refractivity contribution in [2.24, 2.45) is 0 Å². The molecular weight excluding hydrogens is 252 g/mol. The molecule has 1 nitrogen and oxygen atoms in total. The fourth-order valence-corrected chi connectivity index (χ4v) is 3.12. The maximum Gasteiger partial charge on any atom is 0.100 e. The lowest BCUT2D eigenvalue weighted by atomic mass is 9.93. The smallest absolute Gasteiger partial charge is 0.100 e. The Balaban J connectivity index is 2.23. The van der Waals surface area contributed by atoms with Gasteiger partial charge in [0.2, 0.25) is 0 Å². The Hall–Kier alpha value is -0.830. The molecule has 17 heavy (non-hydrogen) atoms. The summed E-state index contributed by atoms with van der Waals surface area (Å²) >= 11 is 7.45. The summed E-state index contributed by atoms with van der Waals surface area (Å²) in [5.74, 6) is 0. The van der Waals surface area contributed by atoms with Gasteiger partial charge < -0.3 is 5.11 Å². The van der Waals surface area contributed by atoms with E-state index >= 15 is 0 Å². The van der Waals surface area contributed by atoms with Gasteiger partial charge in [-0.3, -0.25) is 0 Å². The number of hydrogen-bond donors (Lipinski definition) is 1. The zero-order valence-electron chi connectivity index (χ0n) is 9.90. The summed E-state index contributed by atoms with van der Waals surface area (Å²) in [5.41, 5.74) is 1.42. The van der Waals surface area contributed by atoms with Gasteiger partial charge in [-0.1, -0.05) is 23.7 Å². The molecular formula is C14H15ClOS. The summed E-state index contributed by atoms with van der Waals surface area (Å²) in [6.07, 6.45) is 0.603. The first-order chi connectivity index (χ1) is 7.99. The van der Waals surface area contributed by atoms with Gasteiger partial charge in [-0.25, -0.2) is 0 Å². The third-order valence-corrected chi connectivity index (χ3v) is 4.33. The van der Waals surface area contributed by atoms with Gasteiger partial charge >= 0.3 is 0 Å². The summed E-state index contributed by atoms with van der Waals surface area (Å²) in [5, 5.41) is 13.3. The number of halogens is 1. The number of aryl methyl sites for hydroxylation is 1. The lowest BCUT2D eigenvalue weighted by Crippen LogP contribution is -2.23. The number of thiophene rings is 1. The standard InChI is InChI=1S/C14H15ClOS/c1-10-7-8-17-13(10)14(2,16)9-11-3-5-12(15)6-4-11/h3-8,16H,9H2,1-2H3. The average molecular weight is 267 g/mol. The second kappa shape index (κ2) is 4.81. The van der Waals surface area contributed by atoms with Crippen molar-refractivity contribution < 1.29 is 5.11 Å². The van der Waals surface area contributed by atoms with E-state index < -0.39 is 5.60 Å². The molecule has 0 bridgehead atoms. The van der Waals surface area contributed by atoms with Crippen molar-refractivity contribution in [2.45, 2.75) is 25.9 Å². The zero-order chi connectivity index (χ0) is 12.5. The van der Waals surface area contributed by atoms with E-state index in [2.05, 4.69) is 0 Å². The number of rotatable bonds is 3.